The monoisotopic (exact) mass is 470 g/mol. The molecule has 0 aromatic carbocycles. The molecule has 0 radical (unpaired) electrons. The van der Waals surface area contributed by atoms with Crippen LogP contribution < -0.4 is 0 Å². The van der Waals surface area contributed by atoms with Crippen molar-refractivity contribution in [2.75, 3.05) is 24.6 Å². The van der Waals surface area contributed by atoms with Gasteiger partial charge in [0.2, 0.25) is 0 Å². The molecule has 0 unspecified atom stereocenters. The molecule has 0 spiro atoms. The average Bonchev–Trinajstić information content (AvgIpc) is 2.56. The van der Waals surface area contributed by atoms with Gasteiger partial charge in [0.05, 0.1) is 0 Å². The zero-order valence-corrected chi connectivity index (χ0v) is 20.6. The maximum absolute atomic E-state index is 3.12. The van der Waals surface area contributed by atoms with Gasteiger partial charge in [-0.25, -0.2) is 0 Å². The molecule has 0 aromatic rings. The van der Waals surface area contributed by atoms with Gasteiger partial charge in [-0.05, 0) is 0 Å². The number of hydrogen-bond acceptors (Lipinski definition) is 0. The molecule has 0 amide bonds. The van der Waals surface area contributed by atoms with Crippen molar-refractivity contribution < 1.29 is 0 Å². The first-order valence-electron chi connectivity index (χ1n) is 11.3. The Labute approximate surface area is 168 Å². The maximum atomic E-state index is 3.12. The summed E-state index contributed by atoms with van der Waals surface area (Å²) in [6, 6.07) is 0. The second kappa shape index (κ2) is 15.2. The van der Waals surface area contributed by atoms with E-state index in [4.69, 9.17) is 0 Å². The molecule has 0 nitrogen and oxygen atoms in total. The number of halogens is 1. The minimum atomic E-state index is -1.49. The Balaban J connectivity index is 4.86. The predicted molar refractivity (Wildman–Crippen MR) is 128 cm³/mol. The van der Waals surface area contributed by atoms with Crippen molar-refractivity contribution in [1.29, 1.82) is 0 Å². The van der Waals surface area contributed by atoms with Gasteiger partial charge in [-0.3, -0.25) is 0 Å². The van der Waals surface area contributed by atoms with E-state index in [0.717, 1.165) is 0 Å². The van der Waals surface area contributed by atoms with Crippen LogP contribution in [0, 0.1) is 0 Å². The summed E-state index contributed by atoms with van der Waals surface area (Å²) >= 11 is 3.12. The molecule has 0 bridgehead atoms. The Morgan fingerprint density at radius 1 is 0.417 bits per heavy atom. The van der Waals surface area contributed by atoms with Crippen LogP contribution in [0.4, 0.5) is 0 Å². The number of rotatable bonds is 18. The van der Waals surface area contributed by atoms with Crippen molar-refractivity contribution >= 4 is 26.3 Å². The first-order chi connectivity index (χ1) is 11.5. The van der Waals surface area contributed by atoms with Crippen molar-refractivity contribution in [3.05, 3.63) is 0 Å². The second-order valence-electron chi connectivity index (χ2n) is 8.25. The van der Waals surface area contributed by atoms with Crippen LogP contribution in [0.1, 0.15) is 118 Å². The van der Waals surface area contributed by atoms with E-state index in [9.17, 15) is 0 Å². The van der Waals surface area contributed by atoms with Gasteiger partial charge in [0.1, 0.15) is 0 Å². The number of unbranched alkanes of at least 4 members (excludes halogenated alkanes) is 10. The Morgan fingerprint density at radius 3 is 1.00 bits per heavy atom. The average molecular weight is 471 g/mol. The van der Waals surface area contributed by atoms with Gasteiger partial charge in [0, 0.05) is 0 Å². The SMILES string of the molecule is CCCCCCCP(I)(CCCCC)(CCCCC)CCCCC. The molecule has 0 saturated heterocycles. The summed E-state index contributed by atoms with van der Waals surface area (Å²) in [5.41, 5.74) is 0. The van der Waals surface area contributed by atoms with Crippen molar-refractivity contribution in [1.82, 2.24) is 0 Å². The van der Waals surface area contributed by atoms with Gasteiger partial charge in [0.25, 0.3) is 0 Å². The topological polar surface area (TPSA) is 0 Å². The summed E-state index contributed by atoms with van der Waals surface area (Å²) < 4.78 is -1.49. The molecular formula is C22H48IP. The summed E-state index contributed by atoms with van der Waals surface area (Å²) in [7, 11) is 0. The third-order valence-electron chi connectivity index (χ3n) is 5.78. The van der Waals surface area contributed by atoms with Crippen LogP contribution in [-0.2, 0) is 0 Å². The van der Waals surface area contributed by atoms with Gasteiger partial charge in [-0.15, -0.1) is 0 Å². The van der Waals surface area contributed by atoms with Crippen LogP contribution in [0.3, 0.4) is 0 Å². The Kier molecular flexibility index (Phi) is 16.0. The van der Waals surface area contributed by atoms with E-state index >= 15 is 0 Å². The molecule has 148 valence electrons. The fourth-order valence-electron chi connectivity index (χ4n) is 4.05. The summed E-state index contributed by atoms with van der Waals surface area (Å²) in [5, 5.41) is 0. The molecule has 0 N–H and O–H groups in total. The number of hydrogen-bond donors (Lipinski definition) is 0. The van der Waals surface area contributed by atoms with Crippen LogP contribution in [0.15, 0.2) is 0 Å². The van der Waals surface area contributed by atoms with E-state index in [2.05, 4.69) is 49.7 Å². The third-order valence-corrected chi connectivity index (χ3v) is 17.3. The summed E-state index contributed by atoms with van der Waals surface area (Å²) in [6.07, 6.45) is 26.7. The molecule has 0 aliphatic carbocycles. The summed E-state index contributed by atoms with van der Waals surface area (Å²) in [6.45, 7) is 9.42. The van der Waals surface area contributed by atoms with Crippen LogP contribution >= 0.6 is 26.3 Å². The second-order valence-corrected chi connectivity index (χ2v) is 21.9. The van der Waals surface area contributed by atoms with Crippen LogP contribution in [0.25, 0.3) is 0 Å². The van der Waals surface area contributed by atoms with Crippen LogP contribution in [0.2, 0.25) is 0 Å². The minimum absolute atomic E-state index is 1.37. The standard InChI is InChI=1S/C22H48IP/c1-5-9-13-14-18-22-24(23,19-15-10-6-2,20-16-11-7-3)21-17-12-8-4/h5-22H2,1-4H3. The first-order valence-corrected chi connectivity index (χ1v) is 17.0. The van der Waals surface area contributed by atoms with Gasteiger partial charge < -0.3 is 0 Å². The fraction of sp³-hybridized carbons (Fsp3) is 1.00. The fourth-order valence-corrected chi connectivity index (χ4v) is 13.5. The van der Waals surface area contributed by atoms with Crippen LogP contribution in [0.5, 0.6) is 0 Å². The quantitative estimate of drug-likeness (QED) is 0.106. The van der Waals surface area contributed by atoms with Crippen molar-refractivity contribution in [2.45, 2.75) is 118 Å². The predicted octanol–water partition coefficient (Wildman–Crippen LogP) is 9.43. The Hall–Kier alpha value is 1.16. The molecule has 0 saturated carbocycles. The first kappa shape index (κ1) is 25.2. The Bertz CT molecular complexity index is 248. The van der Waals surface area contributed by atoms with Crippen molar-refractivity contribution in [2.24, 2.45) is 0 Å². The normalized spacial score (nSPS) is 13.8. The van der Waals surface area contributed by atoms with Crippen LogP contribution in [-0.4, -0.2) is 24.6 Å². The zero-order chi connectivity index (χ0) is 18.2. The summed E-state index contributed by atoms with van der Waals surface area (Å²) in [5.74, 6) is 0. The molecule has 0 fully saturated rings. The zero-order valence-electron chi connectivity index (χ0n) is 17.6. The molecule has 0 aliphatic heterocycles. The van der Waals surface area contributed by atoms with Gasteiger partial charge >= 0.3 is 169 Å². The molecule has 0 aliphatic rings. The van der Waals surface area contributed by atoms with E-state index in [1.165, 1.54) is 89.9 Å². The molecule has 0 aromatic heterocycles. The molecule has 0 atom stereocenters. The van der Waals surface area contributed by atoms with E-state index < -0.39 is 4.25 Å². The summed E-state index contributed by atoms with van der Waals surface area (Å²) in [4.78, 5) is 0. The van der Waals surface area contributed by atoms with E-state index in [0.29, 0.717) is 0 Å². The third kappa shape index (κ3) is 11.7. The molecule has 24 heavy (non-hydrogen) atoms. The van der Waals surface area contributed by atoms with Crippen molar-refractivity contribution in [3.63, 3.8) is 0 Å². The molecule has 0 heterocycles. The molecular weight excluding hydrogens is 422 g/mol. The van der Waals surface area contributed by atoms with E-state index in [1.54, 1.807) is 24.6 Å². The van der Waals surface area contributed by atoms with Gasteiger partial charge in [-0.2, -0.15) is 0 Å². The van der Waals surface area contributed by atoms with Crippen molar-refractivity contribution in [3.8, 4) is 0 Å². The Morgan fingerprint density at radius 2 is 0.667 bits per heavy atom. The molecule has 0 rings (SSSR count). The van der Waals surface area contributed by atoms with Gasteiger partial charge in [0.15, 0.2) is 0 Å². The van der Waals surface area contributed by atoms with Gasteiger partial charge in [-0.1, -0.05) is 0 Å². The van der Waals surface area contributed by atoms with E-state index in [-0.39, 0.29) is 0 Å². The molecule has 2 heteroatoms. The van der Waals surface area contributed by atoms with E-state index in [1.807, 2.05) is 0 Å².